The van der Waals surface area contributed by atoms with Gasteiger partial charge in [0, 0.05) is 36.9 Å². The molecule has 172 valence electrons. The van der Waals surface area contributed by atoms with Gasteiger partial charge in [-0.3, -0.25) is 4.79 Å². The number of amides is 1. The molecule has 1 aromatic carbocycles. The summed E-state index contributed by atoms with van der Waals surface area (Å²) in [6.45, 7) is 8.43. The van der Waals surface area contributed by atoms with Crippen LogP contribution in [0.4, 0.5) is 11.4 Å². The number of aromatic nitrogens is 3. The van der Waals surface area contributed by atoms with Crippen molar-refractivity contribution in [3.63, 3.8) is 0 Å². The van der Waals surface area contributed by atoms with Gasteiger partial charge >= 0.3 is 0 Å². The lowest BCUT2D eigenvalue weighted by Gasteiger charge is -2.19. The van der Waals surface area contributed by atoms with Gasteiger partial charge in [-0.05, 0) is 49.9 Å². The second kappa shape index (κ2) is 9.66. The summed E-state index contributed by atoms with van der Waals surface area (Å²) >= 11 is 1.30. The first-order chi connectivity index (χ1) is 15.4. The fourth-order valence-electron chi connectivity index (χ4n) is 4.28. The van der Waals surface area contributed by atoms with Crippen LogP contribution in [-0.2, 0) is 21.2 Å². The Bertz CT molecular complexity index is 1110. The minimum Gasteiger partial charge on any atom is -0.372 e. The van der Waals surface area contributed by atoms with Crippen molar-refractivity contribution >= 4 is 38.9 Å². The lowest BCUT2D eigenvalue weighted by atomic mass is 10.1. The van der Waals surface area contributed by atoms with Crippen LogP contribution in [0.1, 0.15) is 36.6 Å². The Morgan fingerprint density at radius 1 is 1.31 bits per heavy atom. The molecule has 8 nitrogen and oxygen atoms in total. The van der Waals surface area contributed by atoms with E-state index in [1.165, 1.54) is 30.3 Å². The van der Waals surface area contributed by atoms with Gasteiger partial charge in [0.05, 0.1) is 17.3 Å². The normalized spacial score (nSPS) is 19.9. The molecule has 0 bridgehead atoms. The van der Waals surface area contributed by atoms with E-state index in [9.17, 15) is 13.2 Å². The van der Waals surface area contributed by atoms with Crippen LogP contribution >= 0.6 is 11.8 Å². The summed E-state index contributed by atoms with van der Waals surface area (Å²) in [6.07, 6.45) is 4.73. The number of aryl methyl sites for hydroxylation is 1. The molecule has 2 aromatic rings. The highest BCUT2D eigenvalue weighted by Gasteiger charge is 2.33. The number of thioether (sulfide) groups is 1. The molecule has 2 saturated heterocycles. The summed E-state index contributed by atoms with van der Waals surface area (Å²) in [7, 11) is -3.02. The van der Waals surface area contributed by atoms with Crippen molar-refractivity contribution in [2.75, 3.05) is 40.6 Å². The minimum atomic E-state index is -3.02. The molecule has 1 N–H and O–H groups in total. The second-order valence-corrected chi connectivity index (χ2v) is 11.5. The lowest BCUT2D eigenvalue weighted by molar-refractivity contribution is -0.113. The van der Waals surface area contributed by atoms with E-state index in [0.29, 0.717) is 23.9 Å². The Morgan fingerprint density at radius 2 is 2.09 bits per heavy atom. The standard InChI is InChI=1S/C22H29N5O3S2/c1-3-9-27-21(17-8-12-32(29,30)15-17)24-25-22(27)31-14-20(28)23-19-7-6-18(13-16(19)2)26-10-4-5-11-26/h3,6-7,13,17H,1,4-5,8-12,14-15H2,2H3,(H,23,28). The third kappa shape index (κ3) is 5.17. The number of nitrogens with zero attached hydrogens (tertiary/aromatic N) is 4. The number of hydrogen-bond donors (Lipinski definition) is 1. The molecule has 1 amide bonds. The highest BCUT2D eigenvalue weighted by Crippen LogP contribution is 2.30. The maximum absolute atomic E-state index is 12.6. The summed E-state index contributed by atoms with van der Waals surface area (Å²) < 4.78 is 25.6. The van der Waals surface area contributed by atoms with Crippen molar-refractivity contribution in [1.82, 2.24) is 14.8 Å². The Morgan fingerprint density at radius 3 is 2.75 bits per heavy atom. The molecule has 0 spiro atoms. The van der Waals surface area contributed by atoms with Crippen molar-refractivity contribution < 1.29 is 13.2 Å². The quantitative estimate of drug-likeness (QED) is 0.463. The van der Waals surface area contributed by atoms with Gasteiger partial charge in [-0.2, -0.15) is 0 Å². The highest BCUT2D eigenvalue weighted by molar-refractivity contribution is 7.99. The van der Waals surface area contributed by atoms with Crippen molar-refractivity contribution in [1.29, 1.82) is 0 Å². The zero-order chi connectivity index (χ0) is 22.7. The van der Waals surface area contributed by atoms with E-state index in [0.717, 1.165) is 24.3 Å². The monoisotopic (exact) mass is 475 g/mol. The van der Waals surface area contributed by atoms with Gasteiger partial charge in [0.2, 0.25) is 5.91 Å². The Balaban J connectivity index is 1.39. The predicted octanol–water partition coefficient (Wildman–Crippen LogP) is 3.01. The van der Waals surface area contributed by atoms with Crippen molar-refractivity contribution in [2.24, 2.45) is 0 Å². The van der Waals surface area contributed by atoms with Crippen LogP contribution in [0.15, 0.2) is 36.0 Å². The van der Waals surface area contributed by atoms with Gasteiger partial charge in [-0.1, -0.05) is 17.8 Å². The van der Waals surface area contributed by atoms with Gasteiger partial charge in [0.1, 0.15) is 5.82 Å². The first-order valence-electron chi connectivity index (χ1n) is 10.9. The zero-order valence-corrected chi connectivity index (χ0v) is 19.9. The van der Waals surface area contributed by atoms with Gasteiger partial charge < -0.3 is 14.8 Å². The molecule has 2 aliphatic rings. The van der Waals surface area contributed by atoms with Crippen LogP contribution in [0.5, 0.6) is 0 Å². The Kier molecular flexibility index (Phi) is 6.90. The highest BCUT2D eigenvalue weighted by atomic mass is 32.2. The van der Waals surface area contributed by atoms with Gasteiger partial charge in [0.15, 0.2) is 15.0 Å². The van der Waals surface area contributed by atoms with Crippen molar-refractivity contribution in [3.05, 3.63) is 42.2 Å². The number of benzene rings is 1. The smallest absolute Gasteiger partial charge is 0.234 e. The van der Waals surface area contributed by atoms with E-state index < -0.39 is 9.84 Å². The number of sulfone groups is 1. The van der Waals surface area contributed by atoms with E-state index >= 15 is 0 Å². The molecule has 2 aliphatic heterocycles. The number of allylic oxidation sites excluding steroid dienone is 1. The van der Waals surface area contributed by atoms with Crippen LogP contribution < -0.4 is 10.2 Å². The number of anilines is 2. The van der Waals surface area contributed by atoms with Crippen LogP contribution in [0.2, 0.25) is 0 Å². The SMILES string of the molecule is C=CCn1c(SCC(=O)Nc2ccc(N3CCCC3)cc2C)nnc1C1CCS(=O)(=O)C1. The van der Waals surface area contributed by atoms with E-state index in [4.69, 9.17) is 0 Å². The molecule has 3 heterocycles. The molecule has 2 fully saturated rings. The Labute approximate surface area is 193 Å². The van der Waals surface area contributed by atoms with Crippen LogP contribution in [0, 0.1) is 6.92 Å². The third-order valence-corrected chi connectivity index (χ3v) is 8.68. The first kappa shape index (κ1) is 22.8. The Hall–Kier alpha value is -2.33. The minimum absolute atomic E-state index is 0.0974. The van der Waals surface area contributed by atoms with Crippen LogP contribution in [0.3, 0.4) is 0 Å². The first-order valence-corrected chi connectivity index (χ1v) is 13.7. The number of hydrogen-bond acceptors (Lipinski definition) is 7. The molecule has 1 atom stereocenters. The van der Waals surface area contributed by atoms with Crippen molar-refractivity contribution in [3.8, 4) is 0 Å². The average molecular weight is 476 g/mol. The fourth-order valence-corrected chi connectivity index (χ4v) is 6.78. The molecule has 0 radical (unpaired) electrons. The number of carbonyl (C=O) groups is 1. The van der Waals surface area contributed by atoms with Gasteiger partial charge in [0.25, 0.3) is 0 Å². The van der Waals surface area contributed by atoms with Gasteiger partial charge in [-0.15, -0.1) is 16.8 Å². The molecule has 10 heteroatoms. The van der Waals surface area contributed by atoms with Crippen molar-refractivity contribution in [2.45, 2.75) is 43.8 Å². The molecular weight excluding hydrogens is 446 g/mol. The molecule has 1 aromatic heterocycles. The fraction of sp³-hybridized carbons (Fsp3) is 0.500. The molecule has 0 aliphatic carbocycles. The second-order valence-electron chi connectivity index (χ2n) is 8.37. The molecule has 4 rings (SSSR count). The summed E-state index contributed by atoms with van der Waals surface area (Å²) in [4.78, 5) is 15.0. The van der Waals surface area contributed by atoms with E-state index in [-0.39, 0.29) is 29.1 Å². The lowest BCUT2D eigenvalue weighted by Crippen LogP contribution is -2.19. The number of carbonyl (C=O) groups excluding carboxylic acids is 1. The maximum atomic E-state index is 12.6. The topological polar surface area (TPSA) is 97.2 Å². The van der Waals surface area contributed by atoms with E-state index in [2.05, 4.69) is 39.1 Å². The molecule has 0 saturated carbocycles. The number of rotatable bonds is 8. The van der Waals surface area contributed by atoms with E-state index in [1.54, 1.807) is 6.08 Å². The van der Waals surface area contributed by atoms with Crippen LogP contribution in [0.25, 0.3) is 0 Å². The zero-order valence-electron chi connectivity index (χ0n) is 18.3. The van der Waals surface area contributed by atoms with E-state index in [1.807, 2.05) is 17.6 Å². The molecule has 32 heavy (non-hydrogen) atoms. The van der Waals surface area contributed by atoms with Crippen LogP contribution in [-0.4, -0.2) is 59.4 Å². The molecule has 1 unspecified atom stereocenters. The summed E-state index contributed by atoms with van der Waals surface area (Å²) in [5.74, 6) is 0.838. The summed E-state index contributed by atoms with van der Waals surface area (Å²) in [5, 5.41) is 12.1. The third-order valence-electron chi connectivity index (χ3n) is 5.94. The summed E-state index contributed by atoms with van der Waals surface area (Å²) in [6, 6.07) is 6.14. The number of nitrogens with one attached hydrogen (secondary N) is 1. The van der Waals surface area contributed by atoms with Gasteiger partial charge in [-0.25, -0.2) is 8.42 Å². The molecular formula is C22H29N5O3S2. The largest absolute Gasteiger partial charge is 0.372 e. The predicted molar refractivity (Wildman–Crippen MR) is 128 cm³/mol. The summed E-state index contributed by atoms with van der Waals surface area (Å²) in [5.41, 5.74) is 3.04. The maximum Gasteiger partial charge on any atom is 0.234 e. The average Bonchev–Trinajstić information content (AvgIpc) is 3.49.